The molecule has 0 amide bonds. The summed E-state index contributed by atoms with van der Waals surface area (Å²) in [6.07, 6.45) is 0. The van der Waals surface area contributed by atoms with Crippen LogP contribution in [0.3, 0.4) is 0 Å². The van der Waals surface area contributed by atoms with Crippen molar-refractivity contribution in [3.8, 4) is 5.75 Å². The van der Waals surface area contributed by atoms with E-state index in [0.29, 0.717) is 5.02 Å². The van der Waals surface area contributed by atoms with E-state index in [1.54, 1.807) is 7.11 Å². The van der Waals surface area contributed by atoms with E-state index in [2.05, 4.69) is 31.9 Å². The smallest absolute Gasteiger partial charge is 0.123 e. The molecule has 2 rings (SSSR count). The zero-order valence-electron chi connectivity index (χ0n) is 9.96. The van der Waals surface area contributed by atoms with Crippen molar-refractivity contribution in [1.82, 2.24) is 0 Å². The summed E-state index contributed by atoms with van der Waals surface area (Å²) < 4.78 is 7.20. The predicted octanol–water partition coefficient (Wildman–Crippen LogP) is 6.20. The zero-order valence-corrected chi connectivity index (χ0v) is 14.6. The molecule has 1 atom stereocenters. The second-order valence-electron chi connectivity index (χ2n) is 3.95. The molecule has 0 heterocycles. The van der Waals surface area contributed by atoms with Gasteiger partial charge in [-0.15, -0.1) is 11.6 Å². The maximum Gasteiger partial charge on any atom is 0.123 e. The number of hydrogen-bond donors (Lipinski definition) is 0. The highest BCUT2D eigenvalue weighted by Gasteiger charge is 2.17. The highest BCUT2D eigenvalue weighted by molar-refractivity contribution is 9.10. The van der Waals surface area contributed by atoms with E-state index in [1.807, 2.05) is 36.4 Å². The summed E-state index contributed by atoms with van der Waals surface area (Å²) in [6.45, 7) is 0. The number of ether oxygens (including phenoxy) is 1. The summed E-state index contributed by atoms with van der Waals surface area (Å²) in [5, 5.41) is 0.312. The van der Waals surface area contributed by atoms with Gasteiger partial charge in [0, 0.05) is 19.5 Å². The van der Waals surface area contributed by atoms with Crippen LogP contribution in [0.15, 0.2) is 45.3 Å². The molecule has 0 aromatic heterocycles. The van der Waals surface area contributed by atoms with Gasteiger partial charge in [-0.2, -0.15) is 0 Å². The molecule has 0 aliphatic rings. The molecule has 0 aliphatic carbocycles. The molecule has 5 heteroatoms. The topological polar surface area (TPSA) is 9.23 Å². The van der Waals surface area contributed by atoms with Gasteiger partial charge in [0.15, 0.2) is 0 Å². The lowest BCUT2D eigenvalue weighted by molar-refractivity contribution is 0.410. The summed E-state index contributed by atoms with van der Waals surface area (Å²) in [6, 6.07) is 11.4. The van der Waals surface area contributed by atoms with Crippen molar-refractivity contribution in [2.24, 2.45) is 0 Å². The maximum atomic E-state index is 6.55. The summed E-state index contributed by atoms with van der Waals surface area (Å²) in [5.74, 6) is 0.749. The second-order valence-corrected chi connectivity index (χ2v) is 6.66. The van der Waals surface area contributed by atoms with Gasteiger partial charge in [0.2, 0.25) is 0 Å². The summed E-state index contributed by atoms with van der Waals surface area (Å²) in [4.78, 5) is 0. The summed E-state index contributed by atoms with van der Waals surface area (Å²) >= 11 is 19.5. The first kappa shape index (κ1) is 15.2. The van der Waals surface area contributed by atoms with Crippen LogP contribution in [-0.4, -0.2) is 7.11 Å². The van der Waals surface area contributed by atoms with E-state index in [4.69, 9.17) is 27.9 Å². The molecule has 0 radical (unpaired) electrons. The molecule has 0 bridgehead atoms. The fraction of sp³-hybridized carbons (Fsp3) is 0.143. The lowest BCUT2D eigenvalue weighted by atomic mass is 10.0. The molecular formula is C14H10Br2Cl2O. The molecule has 0 fully saturated rings. The van der Waals surface area contributed by atoms with Crippen molar-refractivity contribution >= 4 is 55.1 Å². The van der Waals surface area contributed by atoms with E-state index in [9.17, 15) is 0 Å². The van der Waals surface area contributed by atoms with Crippen LogP contribution in [0.2, 0.25) is 5.02 Å². The molecule has 2 aromatic rings. The Bertz CT molecular complexity index is 582. The van der Waals surface area contributed by atoms with Crippen LogP contribution in [0.4, 0.5) is 0 Å². The second kappa shape index (κ2) is 6.49. The number of benzene rings is 2. The van der Waals surface area contributed by atoms with Gasteiger partial charge in [-0.1, -0.05) is 43.5 Å². The van der Waals surface area contributed by atoms with Gasteiger partial charge < -0.3 is 4.74 Å². The van der Waals surface area contributed by atoms with Gasteiger partial charge in [-0.05, 0) is 42.0 Å². The van der Waals surface area contributed by atoms with Gasteiger partial charge in [0.25, 0.3) is 0 Å². The van der Waals surface area contributed by atoms with Gasteiger partial charge in [-0.25, -0.2) is 0 Å². The summed E-state index contributed by atoms with van der Waals surface area (Å²) in [7, 11) is 1.63. The molecule has 1 nitrogen and oxygen atoms in total. The third kappa shape index (κ3) is 3.66. The quantitative estimate of drug-likeness (QED) is 0.533. The van der Waals surface area contributed by atoms with Crippen LogP contribution in [0.5, 0.6) is 5.75 Å². The lowest BCUT2D eigenvalue weighted by Crippen LogP contribution is -1.98. The fourth-order valence-corrected chi connectivity index (χ4v) is 3.37. The monoisotopic (exact) mass is 422 g/mol. The molecule has 0 saturated carbocycles. The molecule has 0 aliphatic heterocycles. The number of hydrogen-bond acceptors (Lipinski definition) is 1. The molecule has 0 N–H and O–H groups in total. The van der Waals surface area contributed by atoms with Crippen LogP contribution in [0, 0.1) is 0 Å². The van der Waals surface area contributed by atoms with E-state index in [-0.39, 0.29) is 5.38 Å². The Balaban J connectivity index is 2.48. The number of alkyl halides is 1. The van der Waals surface area contributed by atoms with Gasteiger partial charge >= 0.3 is 0 Å². The van der Waals surface area contributed by atoms with Crippen molar-refractivity contribution in [3.63, 3.8) is 0 Å². The third-order valence-corrected chi connectivity index (χ3v) is 4.30. The Morgan fingerprint density at radius 1 is 1.05 bits per heavy atom. The molecule has 1 unspecified atom stereocenters. The largest absolute Gasteiger partial charge is 0.496 e. The third-order valence-electron chi connectivity index (χ3n) is 2.64. The SMILES string of the molecule is COc1ccc(Br)cc1C(Cl)c1cc(Cl)cc(Br)c1. The normalized spacial score (nSPS) is 12.3. The van der Waals surface area contributed by atoms with Crippen molar-refractivity contribution in [2.45, 2.75) is 5.38 Å². The molecule has 0 saturated heterocycles. The van der Waals surface area contributed by atoms with Crippen LogP contribution in [-0.2, 0) is 0 Å². The number of halogens is 4. The van der Waals surface area contributed by atoms with Crippen molar-refractivity contribution in [1.29, 1.82) is 0 Å². The Hall–Kier alpha value is -0.220. The molecule has 100 valence electrons. The van der Waals surface area contributed by atoms with E-state index in [0.717, 1.165) is 25.8 Å². The van der Waals surface area contributed by atoms with Crippen LogP contribution < -0.4 is 4.74 Å². The Morgan fingerprint density at radius 3 is 2.42 bits per heavy atom. The first-order valence-corrected chi connectivity index (χ1v) is 7.85. The summed E-state index contributed by atoms with van der Waals surface area (Å²) in [5.41, 5.74) is 1.81. The van der Waals surface area contributed by atoms with Gasteiger partial charge in [0.1, 0.15) is 5.75 Å². The Kier molecular flexibility index (Phi) is 5.18. The first-order chi connectivity index (χ1) is 9.01. The number of methoxy groups -OCH3 is 1. The highest BCUT2D eigenvalue weighted by Crippen LogP contribution is 2.38. The zero-order chi connectivity index (χ0) is 14.0. The van der Waals surface area contributed by atoms with Gasteiger partial charge in [0.05, 0.1) is 12.5 Å². The standard InChI is InChI=1S/C14H10Br2Cl2O/c1-19-13-3-2-9(15)7-12(13)14(18)8-4-10(16)6-11(17)5-8/h2-7,14H,1H3. The minimum absolute atomic E-state index is 0.331. The average Bonchev–Trinajstić information content (AvgIpc) is 2.36. The Morgan fingerprint density at radius 2 is 1.79 bits per heavy atom. The number of rotatable bonds is 3. The lowest BCUT2D eigenvalue weighted by Gasteiger charge is -2.15. The average molecular weight is 425 g/mol. The molecule has 2 aromatic carbocycles. The van der Waals surface area contributed by atoms with Gasteiger partial charge in [-0.3, -0.25) is 0 Å². The first-order valence-electron chi connectivity index (χ1n) is 5.44. The highest BCUT2D eigenvalue weighted by atomic mass is 79.9. The molecule has 0 spiro atoms. The van der Waals surface area contributed by atoms with E-state index >= 15 is 0 Å². The minimum atomic E-state index is -0.331. The van der Waals surface area contributed by atoms with Crippen molar-refractivity contribution < 1.29 is 4.74 Å². The Labute approximate surface area is 139 Å². The minimum Gasteiger partial charge on any atom is -0.496 e. The molecular weight excluding hydrogens is 415 g/mol. The maximum absolute atomic E-state index is 6.55. The van der Waals surface area contributed by atoms with Crippen LogP contribution in [0.25, 0.3) is 0 Å². The van der Waals surface area contributed by atoms with Crippen LogP contribution >= 0.6 is 55.1 Å². The molecule has 19 heavy (non-hydrogen) atoms. The van der Waals surface area contributed by atoms with Crippen molar-refractivity contribution in [2.75, 3.05) is 7.11 Å². The van der Waals surface area contributed by atoms with Crippen molar-refractivity contribution in [3.05, 3.63) is 61.5 Å². The predicted molar refractivity (Wildman–Crippen MR) is 87.5 cm³/mol. The fourth-order valence-electron chi connectivity index (χ4n) is 1.80. The van der Waals surface area contributed by atoms with E-state index < -0.39 is 0 Å². The van der Waals surface area contributed by atoms with Crippen LogP contribution in [0.1, 0.15) is 16.5 Å². The van der Waals surface area contributed by atoms with E-state index in [1.165, 1.54) is 0 Å².